The summed E-state index contributed by atoms with van der Waals surface area (Å²) in [4.78, 5) is 25.9. The molecule has 5 aliphatic rings. The number of hydrogen-bond donors (Lipinski definition) is 1. The summed E-state index contributed by atoms with van der Waals surface area (Å²) in [7, 11) is 0. The Balaban J connectivity index is 1.63. The van der Waals surface area contributed by atoms with E-state index in [9.17, 15) is 14.7 Å². The number of carbonyl (C=O) groups is 2. The van der Waals surface area contributed by atoms with Crippen LogP contribution in [0.4, 0.5) is 0 Å². The molecular weight excluding hydrogens is 444 g/mol. The third-order valence-corrected chi connectivity index (χ3v) is 13.4. The molecule has 1 unspecified atom stereocenters. The number of fused-ring (bicyclic) bond motifs is 7. The minimum Gasteiger partial charge on any atom is -0.481 e. The van der Waals surface area contributed by atoms with E-state index in [4.69, 9.17) is 11.6 Å². The first-order valence-electron chi connectivity index (χ1n) is 13.8. The molecule has 0 radical (unpaired) electrons. The first kappa shape index (κ1) is 24.8. The molecule has 34 heavy (non-hydrogen) atoms. The molecule has 5 aliphatic carbocycles. The highest BCUT2D eigenvalue weighted by molar-refractivity contribution is 6.32. The van der Waals surface area contributed by atoms with Gasteiger partial charge in [0.15, 0.2) is 5.78 Å². The lowest BCUT2D eigenvalue weighted by atomic mass is 9.33. The lowest BCUT2D eigenvalue weighted by Gasteiger charge is -2.71. The van der Waals surface area contributed by atoms with Crippen molar-refractivity contribution in [3.8, 4) is 0 Å². The molecule has 0 aliphatic heterocycles. The summed E-state index contributed by atoms with van der Waals surface area (Å²) in [6.45, 7) is 16.3. The van der Waals surface area contributed by atoms with Gasteiger partial charge >= 0.3 is 5.97 Å². The maximum atomic E-state index is 13.1. The fraction of sp³-hybridized carbons (Fsp3) is 0.867. The van der Waals surface area contributed by atoms with Crippen LogP contribution in [0.5, 0.6) is 0 Å². The van der Waals surface area contributed by atoms with Gasteiger partial charge in [0.1, 0.15) is 0 Å². The van der Waals surface area contributed by atoms with Gasteiger partial charge in [-0.1, -0.05) is 60.1 Å². The third-order valence-electron chi connectivity index (χ3n) is 13.1. The van der Waals surface area contributed by atoms with Gasteiger partial charge in [-0.3, -0.25) is 9.59 Å². The van der Waals surface area contributed by atoms with Crippen LogP contribution in [0.25, 0.3) is 0 Å². The monoisotopic (exact) mass is 488 g/mol. The minimum absolute atomic E-state index is 0.00619. The highest BCUT2D eigenvalue weighted by atomic mass is 35.5. The van der Waals surface area contributed by atoms with E-state index in [2.05, 4.69) is 54.5 Å². The molecule has 3 nitrogen and oxygen atoms in total. The largest absolute Gasteiger partial charge is 0.481 e. The molecule has 4 saturated carbocycles. The summed E-state index contributed by atoms with van der Waals surface area (Å²) in [6, 6.07) is 0. The lowest BCUT2D eigenvalue weighted by molar-refractivity contribution is -0.190. The molecule has 4 heteroatoms. The molecule has 10 atom stereocenters. The second-order valence-electron chi connectivity index (χ2n) is 14.4. The summed E-state index contributed by atoms with van der Waals surface area (Å²) in [5.41, 5.74) is 0.613. The van der Waals surface area contributed by atoms with Gasteiger partial charge in [0.25, 0.3) is 0 Å². The van der Waals surface area contributed by atoms with Gasteiger partial charge in [-0.15, -0.1) is 11.6 Å². The van der Waals surface area contributed by atoms with Crippen LogP contribution in [0.3, 0.4) is 0 Å². The summed E-state index contributed by atoms with van der Waals surface area (Å²) >= 11 is 6.76. The van der Waals surface area contributed by atoms with Gasteiger partial charge < -0.3 is 5.11 Å². The standard InChI is InChI=1S/C30H45ClO3/c1-17-10-13-30(25(33)34)15-14-28(6)19(23(30)18(17)2)8-9-22-27(5)16-20(31)24(32)26(3,4)21(27)11-12-29(22,28)7/h8,17-18,20-23H,9-16H2,1-7H3,(H,33,34)/t17-,18+,20-,21+,22-,23?,27+,28-,29-,30+/m1/s1. The van der Waals surface area contributed by atoms with Gasteiger partial charge in [-0.25, -0.2) is 0 Å². The van der Waals surface area contributed by atoms with Gasteiger partial charge in [0.05, 0.1) is 10.8 Å². The van der Waals surface area contributed by atoms with Crippen LogP contribution in [0.15, 0.2) is 11.6 Å². The summed E-state index contributed by atoms with van der Waals surface area (Å²) in [5.74, 6) is 1.57. The Labute approximate surface area is 211 Å². The van der Waals surface area contributed by atoms with Gasteiger partial charge in [0.2, 0.25) is 0 Å². The number of alkyl halides is 1. The van der Waals surface area contributed by atoms with E-state index in [1.807, 2.05) is 0 Å². The highest BCUT2D eigenvalue weighted by Gasteiger charge is 2.70. The maximum absolute atomic E-state index is 13.1. The molecule has 5 rings (SSSR count). The van der Waals surface area contributed by atoms with Crippen molar-refractivity contribution in [2.24, 2.45) is 56.7 Å². The lowest BCUT2D eigenvalue weighted by Crippen LogP contribution is -2.66. The number of carboxylic acid groups (broad SMARTS) is 1. The molecule has 0 aromatic carbocycles. The van der Waals surface area contributed by atoms with Gasteiger partial charge in [-0.05, 0) is 97.2 Å². The number of allylic oxidation sites excluding steroid dienone is 2. The number of Topliss-reactive ketones (excluding diaryl/α,β-unsaturated/α-hetero) is 1. The molecule has 0 aromatic rings. The topological polar surface area (TPSA) is 54.4 Å². The van der Waals surface area contributed by atoms with Gasteiger partial charge in [-0.2, -0.15) is 0 Å². The molecule has 0 bridgehead atoms. The zero-order valence-corrected chi connectivity index (χ0v) is 23.1. The van der Waals surface area contributed by atoms with E-state index >= 15 is 0 Å². The molecule has 0 amide bonds. The van der Waals surface area contributed by atoms with Crippen molar-refractivity contribution >= 4 is 23.4 Å². The molecule has 190 valence electrons. The Morgan fingerprint density at radius 2 is 1.68 bits per heavy atom. The Morgan fingerprint density at radius 1 is 1.00 bits per heavy atom. The van der Waals surface area contributed by atoms with Crippen LogP contribution < -0.4 is 0 Å². The molecule has 0 heterocycles. The zero-order valence-electron chi connectivity index (χ0n) is 22.3. The van der Waals surface area contributed by atoms with Crippen LogP contribution in [0.2, 0.25) is 0 Å². The second kappa shape index (κ2) is 7.36. The second-order valence-corrected chi connectivity index (χ2v) is 14.9. The number of ketones is 1. The number of halogens is 1. The van der Waals surface area contributed by atoms with E-state index in [0.29, 0.717) is 23.7 Å². The minimum atomic E-state index is -0.595. The molecule has 0 saturated heterocycles. The van der Waals surface area contributed by atoms with E-state index in [0.717, 1.165) is 51.4 Å². The van der Waals surface area contributed by atoms with E-state index in [1.54, 1.807) is 0 Å². The van der Waals surface area contributed by atoms with Crippen LogP contribution in [-0.4, -0.2) is 22.2 Å². The quantitative estimate of drug-likeness (QED) is 0.306. The maximum Gasteiger partial charge on any atom is 0.310 e. The molecule has 0 spiro atoms. The van der Waals surface area contributed by atoms with Gasteiger partial charge in [0, 0.05) is 5.41 Å². The van der Waals surface area contributed by atoms with Crippen LogP contribution in [0, 0.1) is 56.7 Å². The predicted octanol–water partition coefficient (Wildman–Crippen LogP) is 7.52. The zero-order chi connectivity index (χ0) is 25.1. The first-order chi connectivity index (χ1) is 15.7. The van der Waals surface area contributed by atoms with Crippen molar-refractivity contribution < 1.29 is 14.7 Å². The Morgan fingerprint density at radius 3 is 2.32 bits per heavy atom. The van der Waals surface area contributed by atoms with Crippen molar-refractivity contribution in [2.45, 2.75) is 105 Å². The number of carboxylic acids is 1. The van der Waals surface area contributed by atoms with E-state index in [-0.39, 0.29) is 33.4 Å². The fourth-order valence-electron chi connectivity index (χ4n) is 10.7. The van der Waals surface area contributed by atoms with Crippen molar-refractivity contribution in [1.82, 2.24) is 0 Å². The molecule has 4 fully saturated rings. The SMILES string of the molecule is C[C@@H]1CC[C@]2(C(=O)O)CC[C@]3(C)C(=CC[C@@H]4[C@@]5(C)C[C@@H](Cl)C(=O)C(C)(C)[C@@H]5CC[C@]43C)C2[C@H]1C. The predicted molar refractivity (Wildman–Crippen MR) is 137 cm³/mol. The third kappa shape index (κ3) is 2.77. The fourth-order valence-corrected chi connectivity index (χ4v) is 11.4. The van der Waals surface area contributed by atoms with E-state index < -0.39 is 16.8 Å². The van der Waals surface area contributed by atoms with Crippen LogP contribution in [0.1, 0.15) is 99.8 Å². The Kier molecular flexibility index (Phi) is 5.38. The molecular formula is C30H45ClO3. The average Bonchev–Trinajstić information content (AvgIpc) is 2.75. The Bertz CT molecular complexity index is 953. The smallest absolute Gasteiger partial charge is 0.310 e. The number of rotatable bonds is 1. The Hall–Kier alpha value is -0.830. The molecule has 1 N–H and O–H groups in total. The average molecular weight is 489 g/mol. The summed E-state index contributed by atoms with van der Waals surface area (Å²) in [6.07, 6.45) is 10.0. The number of carbonyl (C=O) groups excluding carboxylic acids is 1. The van der Waals surface area contributed by atoms with Crippen molar-refractivity contribution in [2.75, 3.05) is 0 Å². The highest BCUT2D eigenvalue weighted by Crippen LogP contribution is 2.75. The van der Waals surface area contributed by atoms with Crippen molar-refractivity contribution in [3.63, 3.8) is 0 Å². The van der Waals surface area contributed by atoms with Crippen LogP contribution >= 0.6 is 11.6 Å². The van der Waals surface area contributed by atoms with E-state index in [1.165, 1.54) is 5.57 Å². The van der Waals surface area contributed by atoms with Crippen molar-refractivity contribution in [1.29, 1.82) is 0 Å². The normalized spacial score (nSPS) is 54.1. The summed E-state index contributed by atoms with van der Waals surface area (Å²) in [5, 5.41) is 10.1. The first-order valence-corrected chi connectivity index (χ1v) is 14.2. The number of aliphatic carboxylic acids is 1. The van der Waals surface area contributed by atoms with Crippen LogP contribution in [-0.2, 0) is 9.59 Å². The number of hydrogen-bond acceptors (Lipinski definition) is 2. The van der Waals surface area contributed by atoms with Crippen molar-refractivity contribution in [3.05, 3.63) is 11.6 Å². The molecule has 0 aromatic heterocycles. The summed E-state index contributed by atoms with van der Waals surface area (Å²) < 4.78 is 0.